The minimum absolute atomic E-state index is 0.0554. The highest BCUT2D eigenvalue weighted by Crippen LogP contribution is 2.29. The Labute approximate surface area is 201 Å². The Balaban J connectivity index is 1.20. The van der Waals surface area contributed by atoms with Crippen molar-refractivity contribution in [1.29, 1.82) is 0 Å². The van der Waals surface area contributed by atoms with Gasteiger partial charge < -0.3 is 9.64 Å². The first-order chi connectivity index (χ1) is 16.0. The molecule has 1 aromatic heterocycles. The van der Waals surface area contributed by atoms with Crippen LogP contribution in [-0.2, 0) is 21.2 Å². The zero-order valence-corrected chi connectivity index (χ0v) is 21.0. The molecular formula is C25H34N2O4S2. The Hall–Kier alpha value is -1.90. The molecule has 0 radical (unpaired) electrons. The molecule has 0 aliphatic carbocycles. The average Bonchev–Trinajstić information content (AvgIpc) is 3.40. The van der Waals surface area contributed by atoms with Crippen LogP contribution in [0.25, 0.3) is 0 Å². The first-order valence-electron chi connectivity index (χ1n) is 12.0. The van der Waals surface area contributed by atoms with Crippen molar-refractivity contribution in [3.63, 3.8) is 0 Å². The maximum absolute atomic E-state index is 13.1. The Morgan fingerprint density at radius 2 is 1.73 bits per heavy atom. The van der Waals surface area contributed by atoms with Gasteiger partial charge in [0.25, 0.3) is 10.0 Å². The first-order valence-corrected chi connectivity index (χ1v) is 14.3. The van der Waals surface area contributed by atoms with E-state index in [-0.39, 0.29) is 11.8 Å². The highest BCUT2D eigenvalue weighted by molar-refractivity contribution is 7.91. The number of carbonyl (C=O) groups is 1. The van der Waals surface area contributed by atoms with Crippen LogP contribution in [0.5, 0.6) is 5.75 Å². The third-order valence-electron chi connectivity index (χ3n) is 6.89. The minimum atomic E-state index is -3.41. The van der Waals surface area contributed by atoms with Crippen molar-refractivity contribution in [1.82, 2.24) is 9.21 Å². The first kappa shape index (κ1) is 24.2. The smallest absolute Gasteiger partial charge is 0.252 e. The van der Waals surface area contributed by atoms with Crippen LogP contribution in [0.3, 0.4) is 0 Å². The summed E-state index contributed by atoms with van der Waals surface area (Å²) in [5, 5.41) is 1.78. The number of thiophene rings is 1. The quantitative estimate of drug-likeness (QED) is 0.549. The van der Waals surface area contributed by atoms with Gasteiger partial charge in [-0.3, -0.25) is 4.79 Å². The fraction of sp³-hybridized carbons (Fsp3) is 0.560. The van der Waals surface area contributed by atoms with E-state index in [1.807, 2.05) is 24.0 Å². The van der Waals surface area contributed by atoms with Crippen LogP contribution in [0.1, 0.15) is 44.6 Å². The molecule has 8 heteroatoms. The molecule has 180 valence electrons. The molecule has 2 aliphatic heterocycles. The van der Waals surface area contributed by atoms with E-state index in [1.54, 1.807) is 17.5 Å². The van der Waals surface area contributed by atoms with Gasteiger partial charge in [0.2, 0.25) is 5.91 Å². The maximum atomic E-state index is 13.1. The summed E-state index contributed by atoms with van der Waals surface area (Å²) in [7, 11) is -3.41. The number of carbonyl (C=O) groups excluding carboxylic acids is 1. The highest BCUT2D eigenvalue weighted by atomic mass is 32.2. The van der Waals surface area contributed by atoms with E-state index in [2.05, 4.69) is 12.1 Å². The van der Waals surface area contributed by atoms with E-state index >= 15 is 0 Å². The molecule has 0 atom stereocenters. The van der Waals surface area contributed by atoms with Gasteiger partial charge >= 0.3 is 0 Å². The molecular weight excluding hydrogens is 456 g/mol. The number of aryl methyl sites for hydroxylation is 1. The Morgan fingerprint density at radius 1 is 1.03 bits per heavy atom. The molecule has 2 fully saturated rings. The van der Waals surface area contributed by atoms with Crippen LogP contribution < -0.4 is 4.74 Å². The van der Waals surface area contributed by atoms with E-state index in [1.165, 1.54) is 21.2 Å². The van der Waals surface area contributed by atoms with E-state index in [9.17, 15) is 13.2 Å². The number of piperidine rings is 2. The molecule has 2 aliphatic rings. The van der Waals surface area contributed by atoms with E-state index in [0.717, 1.165) is 44.5 Å². The molecule has 3 heterocycles. The zero-order chi connectivity index (χ0) is 23.3. The predicted octanol–water partition coefficient (Wildman–Crippen LogP) is 4.42. The Bertz CT molecular complexity index is 990. The monoisotopic (exact) mass is 490 g/mol. The number of sulfonamides is 1. The highest BCUT2D eigenvalue weighted by Gasteiger charge is 2.35. The van der Waals surface area contributed by atoms with Crippen molar-refractivity contribution in [2.45, 2.75) is 49.7 Å². The van der Waals surface area contributed by atoms with Crippen LogP contribution in [0, 0.1) is 11.8 Å². The number of nitrogens with zero attached hydrogens (tertiary/aromatic N) is 2. The number of ether oxygens (including phenoxy) is 1. The van der Waals surface area contributed by atoms with E-state index in [0.29, 0.717) is 42.7 Å². The maximum Gasteiger partial charge on any atom is 0.252 e. The van der Waals surface area contributed by atoms with Crippen molar-refractivity contribution < 1.29 is 17.9 Å². The fourth-order valence-electron chi connectivity index (χ4n) is 4.87. The summed E-state index contributed by atoms with van der Waals surface area (Å²) < 4.78 is 32.9. The number of benzene rings is 1. The molecule has 1 aromatic carbocycles. The largest absolute Gasteiger partial charge is 0.494 e. The molecule has 6 nitrogen and oxygen atoms in total. The molecule has 0 spiro atoms. The molecule has 0 bridgehead atoms. The molecule has 1 amide bonds. The third-order valence-corrected chi connectivity index (χ3v) is 10.2. The number of amides is 1. The second kappa shape index (κ2) is 11.0. The van der Waals surface area contributed by atoms with Crippen LogP contribution in [0.2, 0.25) is 0 Å². The van der Waals surface area contributed by atoms with E-state index in [4.69, 9.17) is 4.74 Å². The van der Waals surface area contributed by atoms with Crippen LogP contribution >= 0.6 is 11.3 Å². The average molecular weight is 491 g/mol. The standard InChI is InChI=1S/C25H34N2O4S2/c1-2-31-23-9-7-20(8-10-23)5-6-21-11-15-26(16-12-21)25(28)22-13-17-27(18-14-22)33(29,30)24-4-3-19-32-24/h3-4,7-10,19,21-22H,2,5-6,11-18H2,1H3. The second-order valence-electron chi connectivity index (χ2n) is 8.99. The molecule has 2 aromatic rings. The van der Waals surface area contributed by atoms with E-state index < -0.39 is 10.0 Å². The van der Waals surface area contributed by atoms with Gasteiger partial charge in [0.1, 0.15) is 9.96 Å². The van der Waals surface area contributed by atoms with Crippen LogP contribution in [0.4, 0.5) is 0 Å². The Morgan fingerprint density at radius 3 is 2.33 bits per heavy atom. The van der Waals surface area contributed by atoms with Gasteiger partial charge in [0.15, 0.2) is 0 Å². The van der Waals surface area contributed by atoms with Crippen molar-refractivity contribution in [2.24, 2.45) is 11.8 Å². The van der Waals surface area contributed by atoms with Crippen molar-refractivity contribution in [2.75, 3.05) is 32.8 Å². The summed E-state index contributed by atoms with van der Waals surface area (Å²) >= 11 is 1.25. The number of rotatable bonds is 8. The summed E-state index contributed by atoms with van der Waals surface area (Å²) in [5.41, 5.74) is 1.33. The third kappa shape index (κ3) is 5.97. The Kier molecular flexibility index (Phi) is 8.09. The lowest BCUT2D eigenvalue weighted by Gasteiger charge is -2.37. The number of hydrogen-bond acceptors (Lipinski definition) is 5. The summed E-state index contributed by atoms with van der Waals surface area (Å²) in [4.78, 5) is 15.1. The van der Waals surface area contributed by atoms with Crippen molar-refractivity contribution in [3.8, 4) is 5.75 Å². The minimum Gasteiger partial charge on any atom is -0.494 e. The number of likely N-dealkylation sites (tertiary alicyclic amines) is 1. The van der Waals surface area contributed by atoms with Gasteiger partial charge in [-0.1, -0.05) is 18.2 Å². The second-order valence-corrected chi connectivity index (χ2v) is 12.1. The van der Waals surface area contributed by atoms with Gasteiger partial charge in [-0.2, -0.15) is 4.31 Å². The summed E-state index contributed by atoms with van der Waals surface area (Å²) in [6.45, 7) is 5.17. The normalized spacial score (nSPS) is 19.0. The molecule has 33 heavy (non-hydrogen) atoms. The lowest BCUT2D eigenvalue weighted by atomic mass is 9.89. The molecule has 4 rings (SSSR count). The van der Waals surface area contributed by atoms with Gasteiger partial charge in [-0.25, -0.2) is 8.42 Å². The summed E-state index contributed by atoms with van der Waals surface area (Å²) in [5.74, 6) is 1.73. The topological polar surface area (TPSA) is 66.9 Å². The number of hydrogen-bond donors (Lipinski definition) is 0. The van der Waals surface area contributed by atoms with Gasteiger partial charge in [-0.05, 0) is 80.5 Å². The lowest BCUT2D eigenvalue weighted by molar-refractivity contribution is -0.138. The molecule has 0 saturated carbocycles. The van der Waals surface area contributed by atoms with Crippen molar-refractivity contribution in [3.05, 3.63) is 47.3 Å². The van der Waals surface area contributed by atoms with Gasteiger partial charge in [0.05, 0.1) is 6.61 Å². The summed E-state index contributed by atoms with van der Waals surface area (Å²) in [6, 6.07) is 11.8. The molecule has 0 unspecified atom stereocenters. The summed E-state index contributed by atoms with van der Waals surface area (Å²) in [6.07, 6.45) is 5.53. The van der Waals surface area contributed by atoms with Crippen molar-refractivity contribution >= 4 is 27.3 Å². The predicted molar refractivity (Wildman–Crippen MR) is 131 cm³/mol. The fourth-order valence-corrected chi connectivity index (χ4v) is 7.48. The van der Waals surface area contributed by atoms with Crippen LogP contribution in [0.15, 0.2) is 46.0 Å². The molecule has 2 saturated heterocycles. The SMILES string of the molecule is CCOc1ccc(CCC2CCN(C(=O)C3CCN(S(=O)(=O)c4cccs4)CC3)CC2)cc1. The lowest BCUT2D eigenvalue weighted by Crippen LogP contribution is -2.46. The van der Waals surface area contributed by atoms with Crippen LogP contribution in [-0.4, -0.2) is 56.3 Å². The molecule has 0 N–H and O–H groups in total. The zero-order valence-electron chi connectivity index (χ0n) is 19.3. The van der Waals surface area contributed by atoms with Gasteiger partial charge in [0, 0.05) is 32.1 Å². The van der Waals surface area contributed by atoms with Gasteiger partial charge in [-0.15, -0.1) is 11.3 Å².